The minimum absolute atomic E-state index is 0.0659. The molecule has 1 amide bonds. The summed E-state index contributed by atoms with van der Waals surface area (Å²) < 4.78 is 4.42. The molecule has 0 aliphatic heterocycles. The number of amides is 1. The largest absolute Gasteiger partial charge is 0.349 e. The normalized spacial score (nSPS) is 12.4. The molecule has 108 valence electrons. The van der Waals surface area contributed by atoms with Crippen molar-refractivity contribution in [2.24, 2.45) is 0 Å². The van der Waals surface area contributed by atoms with E-state index in [0.717, 1.165) is 22.4 Å². The Labute approximate surface area is 126 Å². The van der Waals surface area contributed by atoms with Gasteiger partial charge < -0.3 is 5.32 Å². The van der Waals surface area contributed by atoms with Crippen LogP contribution in [0.1, 0.15) is 31.3 Å². The third-order valence-electron chi connectivity index (χ3n) is 3.18. The fourth-order valence-corrected chi connectivity index (χ4v) is 2.19. The molecule has 1 unspecified atom stereocenters. The van der Waals surface area contributed by atoms with Gasteiger partial charge in [-0.15, -0.1) is 0 Å². The standard InChI is InChI=1S/C13H18BrN5O/c1-4-18-11(5-6-16-18)7-15-13(20)10(3)19-8-12(14)9(2)17-19/h5-6,8,10H,4,7H2,1-3H3,(H,15,20). The minimum atomic E-state index is -0.349. The molecule has 0 aliphatic carbocycles. The molecule has 20 heavy (non-hydrogen) atoms. The van der Waals surface area contributed by atoms with Crippen LogP contribution in [0.25, 0.3) is 0 Å². The first-order valence-corrected chi connectivity index (χ1v) is 7.32. The van der Waals surface area contributed by atoms with Crippen molar-refractivity contribution in [3.05, 3.63) is 34.3 Å². The van der Waals surface area contributed by atoms with Gasteiger partial charge in [-0.3, -0.25) is 14.2 Å². The number of carbonyl (C=O) groups is 1. The number of rotatable bonds is 5. The predicted octanol–water partition coefficient (Wildman–Crippen LogP) is 2.05. The lowest BCUT2D eigenvalue weighted by atomic mass is 10.3. The van der Waals surface area contributed by atoms with E-state index in [1.54, 1.807) is 10.9 Å². The van der Waals surface area contributed by atoms with Gasteiger partial charge in [-0.1, -0.05) is 0 Å². The van der Waals surface area contributed by atoms with Crippen LogP contribution in [0, 0.1) is 6.92 Å². The van der Waals surface area contributed by atoms with E-state index in [0.29, 0.717) is 6.54 Å². The van der Waals surface area contributed by atoms with E-state index in [1.165, 1.54) is 0 Å². The van der Waals surface area contributed by atoms with Crippen molar-refractivity contribution in [1.29, 1.82) is 0 Å². The zero-order valence-corrected chi connectivity index (χ0v) is 13.4. The molecule has 1 atom stereocenters. The van der Waals surface area contributed by atoms with Gasteiger partial charge in [-0.25, -0.2) is 0 Å². The van der Waals surface area contributed by atoms with Gasteiger partial charge in [0.1, 0.15) is 6.04 Å². The fraction of sp³-hybridized carbons (Fsp3) is 0.462. The van der Waals surface area contributed by atoms with Crippen molar-refractivity contribution < 1.29 is 4.79 Å². The van der Waals surface area contributed by atoms with E-state index in [4.69, 9.17) is 0 Å². The van der Waals surface area contributed by atoms with Gasteiger partial charge in [-0.2, -0.15) is 10.2 Å². The van der Waals surface area contributed by atoms with Crippen LogP contribution in [0.15, 0.2) is 22.9 Å². The Kier molecular flexibility index (Phi) is 4.59. The van der Waals surface area contributed by atoms with Crippen LogP contribution < -0.4 is 5.32 Å². The number of nitrogens with zero attached hydrogens (tertiary/aromatic N) is 4. The molecule has 2 rings (SSSR count). The molecule has 0 bridgehead atoms. The maximum atomic E-state index is 12.1. The highest BCUT2D eigenvalue weighted by Gasteiger charge is 2.17. The predicted molar refractivity (Wildman–Crippen MR) is 79.1 cm³/mol. The summed E-state index contributed by atoms with van der Waals surface area (Å²) in [5.74, 6) is -0.0659. The van der Waals surface area contributed by atoms with Crippen LogP contribution in [-0.2, 0) is 17.9 Å². The first-order chi connectivity index (χ1) is 9.52. The molecule has 0 radical (unpaired) electrons. The zero-order chi connectivity index (χ0) is 14.7. The SMILES string of the molecule is CCn1nccc1CNC(=O)C(C)n1cc(Br)c(C)n1. The van der Waals surface area contributed by atoms with Crippen LogP contribution >= 0.6 is 15.9 Å². The summed E-state index contributed by atoms with van der Waals surface area (Å²) in [4.78, 5) is 12.1. The van der Waals surface area contributed by atoms with E-state index in [2.05, 4.69) is 31.4 Å². The summed E-state index contributed by atoms with van der Waals surface area (Å²) in [6.07, 6.45) is 3.55. The maximum absolute atomic E-state index is 12.1. The van der Waals surface area contributed by atoms with Crippen molar-refractivity contribution in [2.45, 2.75) is 39.9 Å². The summed E-state index contributed by atoms with van der Waals surface area (Å²) in [6, 6.07) is 1.56. The Bertz CT molecular complexity index is 584. The minimum Gasteiger partial charge on any atom is -0.349 e. The molecule has 0 spiro atoms. The molecule has 0 fully saturated rings. The Morgan fingerprint density at radius 1 is 1.55 bits per heavy atom. The van der Waals surface area contributed by atoms with E-state index < -0.39 is 0 Å². The lowest BCUT2D eigenvalue weighted by Gasteiger charge is -2.13. The molecule has 2 aromatic rings. The average molecular weight is 340 g/mol. The van der Waals surface area contributed by atoms with E-state index in [9.17, 15) is 4.79 Å². The molecule has 6 nitrogen and oxygen atoms in total. The Morgan fingerprint density at radius 2 is 2.30 bits per heavy atom. The quantitative estimate of drug-likeness (QED) is 0.906. The van der Waals surface area contributed by atoms with E-state index >= 15 is 0 Å². The summed E-state index contributed by atoms with van der Waals surface area (Å²) in [7, 11) is 0. The van der Waals surface area contributed by atoms with Crippen LogP contribution in [0.5, 0.6) is 0 Å². The van der Waals surface area contributed by atoms with Crippen molar-refractivity contribution in [1.82, 2.24) is 24.9 Å². The highest BCUT2D eigenvalue weighted by molar-refractivity contribution is 9.10. The molecule has 2 aromatic heterocycles. The van der Waals surface area contributed by atoms with Crippen LogP contribution in [-0.4, -0.2) is 25.5 Å². The molecule has 0 aromatic carbocycles. The Balaban J connectivity index is 1.98. The molecule has 2 heterocycles. The molecule has 0 aliphatic rings. The van der Waals surface area contributed by atoms with Gasteiger partial charge in [-0.05, 0) is 42.8 Å². The fourth-order valence-electron chi connectivity index (χ4n) is 1.90. The van der Waals surface area contributed by atoms with Gasteiger partial charge in [0, 0.05) is 18.9 Å². The molecular formula is C13H18BrN5O. The number of aromatic nitrogens is 4. The van der Waals surface area contributed by atoms with Crippen molar-refractivity contribution in [3.8, 4) is 0 Å². The highest BCUT2D eigenvalue weighted by Crippen LogP contribution is 2.16. The third-order valence-corrected chi connectivity index (χ3v) is 3.96. The van der Waals surface area contributed by atoms with Gasteiger partial charge in [0.15, 0.2) is 0 Å². The first-order valence-electron chi connectivity index (χ1n) is 6.52. The summed E-state index contributed by atoms with van der Waals surface area (Å²) in [6.45, 7) is 7.00. The molecular weight excluding hydrogens is 322 g/mol. The smallest absolute Gasteiger partial charge is 0.244 e. The zero-order valence-electron chi connectivity index (χ0n) is 11.8. The first kappa shape index (κ1) is 14.8. The second kappa shape index (κ2) is 6.21. The van der Waals surface area contributed by atoms with E-state index in [1.807, 2.05) is 37.7 Å². The number of aryl methyl sites for hydroxylation is 2. The number of carbonyl (C=O) groups excluding carboxylic acids is 1. The summed E-state index contributed by atoms with van der Waals surface area (Å²) in [5, 5.41) is 11.4. The highest BCUT2D eigenvalue weighted by atomic mass is 79.9. The molecule has 1 N–H and O–H groups in total. The molecule has 7 heteroatoms. The number of nitrogens with one attached hydrogen (secondary N) is 1. The third kappa shape index (κ3) is 3.09. The van der Waals surface area contributed by atoms with Gasteiger partial charge >= 0.3 is 0 Å². The molecule has 0 saturated heterocycles. The van der Waals surface area contributed by atoms with Crippen molar-refractivity contribution in [2.75, 3.05) is 0 Å². The second-order valence-corrected chi connectivity index (χ2v) is 5.43. The summed E-state index contributed by atoms with van der Waals surface area (Å²) in [5.41, 5.74) is 1.86. The van der Waals surface area contributed by atoms with Crippen molar-refractivity contribution >= 4 is 21.8 Å². The summed E-state index contributed by atoms with van der Waals surface area (Å²) >= 11 is 3.40. The lowest BCUT2D eigenvalue weighted by molar-refractivity contribution is -0.124. The number of hydrogen-bond acceptors (Lipinski definition) is 3. The van der Waals surface area contributed by atoms with Gasteiger partial charge in [0.05, 0.1) is 22.4 Å². The number of hydrogen-bond donors (Lipinski definition) is 1. The lowest BCUT2D eigenvalue weighted by Crippen LogP contribution is -2.31. The van der Waals surface area contributed by atoms with Crippen LogP contribution in [0.2, 0.25) is 0 Å². The average Bonchev–Trinajstić information content (AvgIpc) is 3.02. The van der Waals surface area contributed by atoms with Gasteiger partial charge in [0.25, 0.3) is 0 Å². The monoisotopic (exact) mass is 339 g/mol. The Morgan fingerprint density at radius 3 is 2.90 bits per heavy atom. The second-order valence-electron chi connectivity index (χ2n) is 4.57. The van der Waals surface area contributed by atoms with Gasteiger partial charge in [0.2, 0.25) is 5.91 Å². The van der Waals surface area contributed by atoms with Crippen LogP contribution in [0.3, 0.4) is 0 Å². The number of halogens is 1. The van der Waals surface area contributed by atoms with Crippen molar-refractivity contribution in [3.63, 3.8) is 0 Å². The Hall–Kier alpha value is -1.63. The topological polar surface area (TPSA) is 64.7 Å². The maximum Gasteiger partial charge on any atom is 0.244 e. The van der Waals surface area contributed by atoms with Crippen LogP contribution in [0.4, 0.5) is 0 Å². The van der Waals surface area contributed by atoms with E-state index in [-0.39, 0.29) is 11.9 Å². The molecule has 0 saturated carbocycles.